The Hall–Kier alpha value is -3.73. The van der Waals surface area contributed by atoms with Crippen LogP contribution >= 0.6 is 0 Å². The van der Waals surface area contributed by atoms with Crippen molar-refractivity contribution in [2.45, 2.75) is 49.6 Å². The predicted octanol–water partition coefficient (Wildman–Crippen LogP) is 3.06. The van der Waals surface area contributed by atoms with Gasteiger partial charge in [-0.1, -0.05) is 74.5 Å². The molecule has 0 aliphatic rings. The van der Waals surface area contributed by atoms with Crippen LogP contribution in [-0.4, -0.2) is 54.9 Å². The molecule has 3 rings (SSSR count). The Morgan fingerprint density at radius 2 is 1.46 bits per heavy atom. The van der Waals surface area contributed by atoms with E-state index in [-0.39, 0.29) is 42.1 Å². The second-order valence-electron chi connectivity index (χ2n) is 10.4. The first-order valence-electron chi connectivity index (χ1n) is 13.6. The number of hydrogen-bond donors (Lipinski definition) is 4. The number of aliphatic hydroxyl groups excluding tert-OH is 1. The van der Waals surface area contributed by atoms with E-state index in [0.29, 0.717) is 12.1 Å². The van der Waals surface area contributed by atoms with E-state index in [1.165, 1.54) is 24.3 Å². The summed E-state index contributed by atoms with van der Waals surface area (Å²) in [5.41, 5.74) is 13.7. The number of nitrogens with zero attached hydrogens (tertiary/aromatic N) is 1. The van der Waals surface area contributed by atoms with Crippen molar-refractivity contribution >= 4 is 27.5 Å². The molecule has 0 spiro atoms. The fourth-order valence-electron chi connectivity index (χ4n) is 4.62. The average Bonchev–Trinajstić information content (AvgIpc) is 2.94. The first kappa shape index (κ1) is 31.8. The highest BCUT2D eigenvalue weighted by Crippen LogP contribution is 2.27. The number of sulfonamides is 1. The van der Waals surface area contributed by atoms with E-state index in [4.69, 9.17) is 11.5 Å². The van der Waals surface area contributed by atoms with Gasteiger partial charge in [0, 0.05) is 24.7 Å². The summed E-state index contributed by atoms with van der Waals surface area (Å²) in [4.78, 5) is 25.3. The summed E-state index contributed by atoms with van der Waals surface area (Å²) in [6.07, 6.45) is 0.567. The molecule has 6 N–H and O–H groups in total. The highest BCUT2D eigenvalue weighted by Gasteiger charge is 2.39. The maximum absolute atomic E-state index is 13.5. The first-order valence-corrected chi connectivity index (χ1v) is 15.0. The molecule has 2 atom stereocenters. The summed E-state index contributed by atoms with van der Waals surface area (Å²) in [5, 5.41) is 13.8. The van der Waals surface area contributed by atoms with Crippen molar-refractivity contribution in [2.24, 2.45) is 11.7 Å². The third-order valence-corrected chi connectivity index (χ3v) is 8.47. The second kappa shape index (κ2) is 14.8. The minimum absolute atomic E-state index is 0.0244. The molecule has 2 unspecified atom stereocenters. The van der Waals surface area contributed by atoms with Gasteiger partial charge >= 0.3 is 0 Å². The third kappa shape index (κ3) is 8.88. The molecule has 10 heteroatoms. The van der Waals surface area contributed by atoms with Crippen LogP contribution in [0.2, 0.25) is 0 Å². The highest BCUT2D eigenvalue weighted by molar-refractivity contribution is 7.89. The fourth-order valence-corrected chi connectivity index (χ4v) is 6.40. The van der Waals surface area contributed by atoms with Crippen LogP contribution in [0.5, 0.6) is 0 Å². The van der Waals surface area contributed by atoms with E-state index in [2.05, 4.69) is 5.32 Å². The molecule has 2 amide bonds. The van der Waals surface area contributed by atoms with Crippen molar-refractivity contribution in [1.82, 2.24) is 9.62 Å². The average molecular weight is 580 g/mol. The zero-order chi connectivity index (χ0) is 30.0. The van der Waals surface area contributed by atoms with Gasteiger partial charge in [-0.3, -0.25) is 9.59 Å². The second-order valence-corrected chi connectivity index (χ2v) is 12.2. The Balaban J connectivity index is 1.65. The number of primary amides is 1. The lowest BCUT2D eigenvalue weighted by molar-refractivity contribution is -0.125. The standard InChI is InChI=1S/C31H39N4O5S/c1-22(2)21-35(41(39,40)26-17-15-25(32)16-18-26)30(31(33)38)28(36)14-9-19-34-29(37)20-27(23-10-5-3-6-11-23)24-12-7-4-8-13-24/h3-8,10-13,15-18,20,22,27-28,30,36H,9,14,19,21,32H2,1-2H3,(H2,33,38)(H,34,37). The normalized spacial score (nSPS) is 13.3. The van der Waals surface area contributed by atoms with E-state index < -0.39 is 28.1 Å². The number of aliphatic hydroxyl groups is 1. The van der Waals surface area contributed by atoms with Gasteiger partial charge in [-0.2, -0.15) is 4.31 Å². The topological polar surface area (TPSA) is 156 Å². The summed E-state index contributed by atoms with van der Waals surface area (Å²) in [6.45, 7) is 3.80. The number of nitrogen functional groups attached to an aromatic ring is 1. The molecule has 3 aromatic rings. The molecule has 0 heterocycles. The molecule has 0 saturated heterocycles. The van der Waals surface area contributed by atoms with Crippen LogP contribution < -0.4 is 16.8 Å². The van der Waals surface area contributed by atoms with Gasteiger partial charge in [-0.05, 0) is 54.2 Å². The summed E-state index contributed by atoms with van der Waals surface area (Å²) >= 11 is 0. The van der Waals surface area contributed by atoms with Gasteiger partial charge in [0.1, 0.15) is 6.04 Å². The first-order chi connectivity index (χ1) is 19.5. The number of nitrogens with two attached hydrogens (primary N) is 2. The van der Waals surface area contributed by atoms with Crippen molar-refractivity contribution in [3.05, 3.63) is 102 Å². The number of rotatable bonds is 15. The Labute approximate surface area is 242 Å². The lowest BCUT2D eigenvalue weighted by Crippen LogP contribution is -2.55. The fraction of sp³-hybridized carbons (Fsp3) is 0.323. The Kier molecular flexibility index (Phi) is 11.5. The predicted molar refractivity (Wildman–Crippen MR) is 160 cm³/mol. The van der Waals surface area contributed by atoms with Crippen molar-refractivity contribution in [2.75, 3.05) is 18.8 Å². The summed E-state index contributed by atoms with van der Waals surface area (Å²) < 4.78 is 27.9. The smallest absolute Gasteiger partial charge is 0.243 e. The van der Waals surface area contributed by atoms with E-state index in [9.17, 15) is 23.1 Å². The lowest BCUT2D eigenvalue weighted by atomic mass is 9.88. The third-order valence-electron chi connectivity index (χ3n) is 6.61. The summed E-state index contributed by atoms with van der Waals surface area (Å²) in [6, 6.07) is 23.5. The molecule has 0 aliphatic heterocycles. The summed E-state index contributed by atoms with van der Waals surface area (Å²) in [7, 11) is -4.17. The quantitative estimate of drug-likeness (QED) is 0.160. The van der Waals surface area contributed by atoms with Gasteiger partial charge in [0.2, 0.25) is 21.8 Å². The molecule has 9 nitrogen and oxygen atoms in total. The molecule has 0 aliphatic carbocycles. The van der Waals surface area contributed by atoms with Gasteiger partial charge in [-0.25, -0.2) is 8.42 Å². The number of benzene rings is 3. The number of amides is 2. The van der Waals surface area contributed by atoms with Gasteiger partial charge in [0.25, 0.3) is 0 Å². The molecular weight excluding hydrogens is 540 g/mol. The molecule has 41 heavy (non-hydrogen) atoms. The number of nitrogens with one attached hydrogen (secondary N) is 1. The Morgan fingerprint density at radius 3 is 1.95 bits per heavy atom. The Morgan fingerprint density at radius 1 is 0.927 bits per heavy atom. The number of carbonyl (C=O) groups is 2. The summed E-state index contributed by atoms with van der Waals surface area (Å²) in [5.74, 6) is -1.63. The number of anilines is 1. The van der Waals surface area contributed by atoms with Crippen LogP contribution in [0.1, 0.15) is 43.7 Å². The van der Waals surface area contributed by atoms with Crippen LogP contribution in [-0.2, 0) is 19.6 Å². The lowest BCUT2D eigenvalue weighted by Gasteiger charge is -2.33. The molecule has 3 aromatic carbocycles. The van der Waals surface area contributed by atoms with Gasteiger partial charge in [-0.15, -0.1) is 0 Å². The van der Waals surface area contributed by atoms with E-state index in [1.54, 1.807) is 20.3 Å². The Bertz CT molecular complexity index is 1330. The molecule has 219 valence electrons. The molecular formula is C31H39N4O5S. The molecule has 0 aromatic heterocycles. The SMILES string of the molecule is CC(C)CN(C(C(N)=O)C(O)CCCNC(=O)[CH]C(c1ccccc1)c1ccccc1)S(=O)(=O)c1ccc(N)cc1. The maximum Gasteiger partial charge on any atom is 0.243 e. The number of hydrogen-bond acceptors (Lipinski definition) is 6. The van der Waals surface area contributed by atoms with E-state index in [1.807, 2.05) is 60.7 Å². The molecule has 0 bridgehead atoms. The van der Waals surface area contributed by atoms with Crippen LogP contribution in [0.3, 0.4) is 0 Å². The van der Waals surface area contributed by atoms with E-state index in [0.717, 1.165) is 15.4 Å². The minimum atomic E-state index is -4.17. The van der Waals surface area contributed by atoms with Crippen LogP contribution in [0, 0.1) is 12.3 Å². The maximum atomic E-state index is 13.5. The van der Waals surface area contributed by atoms with Crippen molar-refractivity contribution in [1.29, 1.82) is 0 Å². The van der Waals surface area contributed by atoms with Crippen LogP contribution in [0.4, 0.5) is 5.69 Å². The molecule has 0 fully saturated rings. The highest BCUT2D eigenvalue weighted by atomic mass is 32.2. The van der Waals surface area contributed by atoms with Gasteiger partial charge < -0.3 is 21.9 Å². The number of carbonyl (C=O) groups excluding carboxylic acids is 2. The van der Waals surface area contributed by atoms with Gasteiger partial charge in [0.05, 0.1) is 17.4 Å². The van der Waals surface area contributed by atoms with Gasteiger partial charge in [0.15, 0.2) is 0 Å². The van der Waals surface area contributed by atoms with E-state index >= 15 is 0 Å². The molecule has 1 radical (unpaired) electrons. The monoisotopic (exact) mass is 579 g/mol. The van der Waals surface area contributed by atoms with Crippen LogP contribution in [0.25, 0.3) is 0 Å². The largest absolute Gasteiger partial charge is 0.399 e. The molecule has 0 saturated carbocycles. The zero-order valence-corrected chi connectivity index (χ0v) is 24.2. The van der Waals surface area contributed by atoms with Crippen LogP contribution in [0.15, 0.2) is 89.8 Å². The van der Waals surface area contributed by atoms with Crippen molar-refractivity contribution in [3.8, 4) is 0 Å². The minimum Gasteiger partial charge on any atom is -0.399 e. The zero-order valence-electron chi connectivity index (χ0n) is 23.4. The van der Waals surface area contributed by atoms with Crippen molar-refractivity contribution < 1.29 is 23.1 Å². The van der Waals surface area contributed by atoms with Crippen molar-refractivity contribution in [3.63, 3.8) is 0 Å².